The Balaban J connectivity index is 3.19. The quantitative estimate of drug-likeness (QED) is 0.887. The van der Waals surface area contributed by atoms with E-state index in [9.17, 15) is 13.2 Å². The first kappa shape index (κ1) is 13.3. The Morgan fingerprint density at radius 2 is 2.12 bits per heavy atom. The number of alkyl halides is 3. The molecule has 0 bridgehead atoms. The van der Waals surface area contributed by atoms with Gasteiger partial charge in [0.15, 0.2) is 0 Å². The summed E-state index contributed by atoms with van der Waals surface area (Å²) in [6, 6.07) is 3.92. The molecule has 0 saturated carbocycles. The van der Waals surface area contributed by atoms with Crippen molar-refractivity contribution in [2.45, 2.75) is 18.6 Å². The predicted molar refractivity (Wildman–Crippen MR) is 55.3 cm³/mol. The molecule has 92 valence electrons. The number of nitriles is 1. The first-order chi connectivity index (χ1) is 7.90. The number of benzene rings is 1. The van der Waals surface area contributed by atoms with Gasteiger partial charge in [0.25, 0.3) is 0 Å². The molecule has 2 N–H and O–H groups in total. The second-order valence-corrected chi connectivity index (χ2v) is 3.43. The van der Waals surface area contributed by atoms with Crippen molar-refractivity contribution in [3.8, 4) is 11.8 Å². The zero-order chi connectivity index (χ0) is 13.1. The number of nitrogens with zero attached hydrogens (tertiary/aromatic N) is 1. The smallest absolute Gasteiger partial charge is 0.407 e. The van der Waals surface area contributed by atoms with E-state index in [1.807, 2.05) is 6.07 Å². The summed E-state index contributed by atoms with van der Waals surface area (Å²) < 4.78 is 42.4. The molecule has 6 heteroatoms. The van der Waals surface area contributed by atoms with E-state index in [2.05, 4.69) is 0 Å². The molecule has 0 saturated heterocycles. The van der Waals surface area contributed by atoms with Crippen LogP contribution in [0.1, 0.15) is 17.2 Å². The third kappa shape index (κ3) is 3.11. The predicted octanol–water partition coefficient (Wildman–Crippen LogP) is 2.32. The van der Waals surface area contributed by atoms with Gasteiger partial charge in [0.2, 0.25) is 0 Å². The highest BCUT2D eigenvalue weighted by molar-refractivity contribution is 5.40. The van der Waals surface area contributed by atoms with Gasteiger partial charge in [-0.2, -0.15) is 18.4 Å². The van der Waals surface area contributed by atoms with Gasteiger partial charge in [-0.25, -0.2) is 0 Å². The van der Waals surface area contributed by atoms with Crippen molar-refractivity contribution < 1.29 is 17.9 Å². The molecular formula is C11H11F3N2O. The van der Waals surface area contributed by atoms with E-state index in [1.165, 1.54) is 25.3 Å². The normalized spacial score (nSPS) is 12.9. The molecule has 0 spiro atoms. The largest absolute Gasteiger partial charge is 0.496 e. The Labute approximate surface area is 96.6 Å². The van der Waals surface area contributed by atoms with Crippen LogP contribution in [0.2, 0.25) is 0 Å². The van der Waals surface area contributed by atoms with Crippen LogP contribution in [0.15, 0.2) is 18.2 Å². The van der Waals surface area contributed by atoms with Crippen molar-refractivity contribution >= 4 is 0 Å². The number of methoxy groups -OCH3 is 1. The van der Waals surface area contributed by atoms with E-state index in [1.54, 1.807) is 0 Å². The molecular weight excluding hydrogens is 233 g/mol. The van der Waals surface area contributed by atoms with E-state index in [0.717, 1.165) is 0 Å². The maximum absolute atomic E-state index is 12.5. The van der Waals surface area contributed by atoms with Gasteiger partial charge in [0.1, 0.15) is 11.8 Å². The van der Waals surface area contributed by atoms with Gasteiger partial charge < -0.3 is 10.5 Å². The molecule has 0 unspecified atom stereocenters. The Bertz CT molecular complexity index is 437. The fourth-order valence-corrected chi connectivity index (χ4v) is 1.40. The molecule has 1 aromatic rings. The molecule has 0 aliphatic heterocycles. The zero-order valence-electron chi connectivity index (χ0n) is 9.08. The third-order valence-corrected chi connectivity index (χ3v) is 2.26. The summed E-state index contributed by atoms with van der Waals surface area (Å²) in [5.41, 5.74) is 5.44. The summed E-state index contributed by atoms with van der Waals surface area (Å²) in [5.74, 6) is 0.0662. The van der Waals surface area contributed by atoms with Gasteiger partial charge in [-0.3, -0.25) is 0 Å². The molecule has 1 atom stereocenters. The molecule has 0 aromatic heterocycles. The second-order valence-electron chi connectivity index (χ2n) is 3.43. The van der Waals surface area contributed by atoms with E-state index in [0.29, 0.717) is 5.56 Å². The summed E-state index contributed by atoms with van der Waals surface area (Å²) in [6.07, 6.45) is -4.51. The van der Waals surface area contributed by atoms with Gasteiger partial charge in [-0.1, -0.05) is 6.07 Å². The van der Waals surface area contributed by atoms with Crippen LogP contribution >= 0.6 is 0 Å². The lowest BCUT2D eigenvalue weighted by Gasteiger charge is -2.19. The Morgan fingerprint density at radius 3 is 2.59 bits per heavy atom. The topological polar surface area (TPSA) is 59.0 Å². The highest BCUT2D eigenvalue weighted by Gasteiger charge is 2.39. The summed E-state index contributed by atoms with van der Waals surface area (Å²) in [6.45, 7) is 0. The number of hydrogen-bond acceptors (Lipinski definition) is 3. The molecule has 0 fully saturated rings. The van der Waals surface area contributed by atoms with Crippen molar-refractivity contribution in [2.75, 3.05) is 7.11 Å². The van der Waals surface area contributed by atoms with E-state index in [4.69, 9.17) is 15.7 Å². The van der Waals surface area contributed by atoms with Crippen LogP contribution in [-0.2, 0) is 6.42 Å². The van der Waals surface area contributed by atoms with Crippen molar-refractivity contribution in [3.63, 3.8) is 0 Å². The molecule has 0 heterocycles. The van der Waals surface area contributed by atoms with Gasteiger partial charge >= 0.3 is 6.18 Å². The van der Waals surface area contributed by atoms with Crippen LogP contribution < -0.4 is 10.5 Å². The summed E-state index contributed by atoms with van der Waals surface area (Å²) in [5, 5.41) is 8.50. The summed E-state index contributed by atoms with van der Waals surface area (Å²) in [4.78, 5) is 0. The lowest BCUT2D eigenvalue weighted by atomic mass is 10.0. The highest BCUT2D eigenvalue weighted by Crippen LogP contribution is 2.35. The van der Waals surface area contributed by atoms with Crippen LogP contribution in [-0.4, -0.2) is 13.3 Å². The fraction of sp³-hybridized carbons (Fsp3) is 0.364. The van der Waals surface area contributed by atoms with Gasteiger partial charge in [0, 0.05) is 5.56 Å². The zero-order valence-corrected chi connectivity index (χ0v) is 9.08. The summed E-state index contributed by atoms with van der Waals surface area (Å²) in [7, 11) is 1.27. The van der Waals surface area contributed by atoms with Crippen LogP contribution in [0.25, 0.3) is 0 Å². The first-order valence-electron chi connectivity index (χ1n) is 4.76. The molecule has 17 heavy (non-hydrogen) atoms. The van der Waals surface area contributed by atoms with Crippen LogP contribution in [0.5, 0.6) is 5.75 Å². The standard InChI is InChI=1S/C11H11F3N2O/c1-17-9-3-2-7(4-5-15)6-8(9)10(16)11(12,13)14/h2-3,6,10H,4,16H2,1H3/t10-/m1/s1. The Kier molecular flexibility index (Phi) is 3.97. The average molecular weight is 244 g/mol. The highest BCUT2D eigenvalue weighted by atomic mass is 19.4. The van der Waals surface area contributed by atoms with Crippen LogP contribution in [0, 0.1) is 11.3 Å². The Morgan fingerprint density at radius 1 is 1.47 bits per heavy atom. The maximum Gasteiger partial charge on any atom is 0.407 e. The minimum Gasteiger partial charge on any atom is -0.496 e. The maximum atomic E-state index is 12.5. The molecule has 3 nitrogen and oxygen atoms in total. The second kappa shape index (κ2) is 5.06. The number of nitrogens with two attached hydrogens (primary N) is 1. The monoisotopic (exact) mass is 244 g/mol. The number of halogens is 3. The van der Waals surface area contributed by atoms with Crippen molar-refractivity contribution in [1.82, 2.24) is 0 Å². The minimum atomic E-state index is -4.54. The van der Waals surface area contributed by atoms with Gasteiger partial charge in [0.05, 0.1) is 19.6 Å². The van der Waals surface area contributed by atoms with E-state index < -0.39 is 12.2 Å². The SMILES string of the molecule is COc1ccc(CC#N)cc1[C@@H](N)C(F)(F)F. The van der Waals surface area contributed by atoms with Crippen molar-refractivity contribution in [1.29, 1.82) is 5.26 Å². The van der Waals surface area contributed by atoms with E-state index in [-0.39, 0.29) is 17.7 Å². The minimum absolute atomic E-state index is 0.0293. The lowest BCUT2D eigenvalue weighted by Crippen LogP contribution is -2.29. The number of ether oxygens (including phenoxy) is 1. The Hall–Kier alpha value is -1.74. The van der Waals surface area contributed by atoms with Crippen molar-refractivity contribution in [3.05, 3.63) is 29.3 Å². The van der Waals surface area contributed by atoms with Crippen LogP contribution in [0.4, 0.5) is 13.2 Å². The first-order valence-corrected chi connectivity index (χ1v) is 4.76. The molecule has 0 aliphatic rings. The van der Waals surface area contributed by atoms with Crippen molar-refractivity contribution in [2.24, 2.45) is 5.73 Å². The third-order valence-electron chi connectivity index (χ3n) is 2.26. The van der Waals surface area contributed by atoms with Gasteiger partial charge in [-0.15, -0.1) is 0 Å². The molecule has 1 aromatic carbocycles. The molecule has 1 rings (SSSR count). The number of hydrogen-bond donors (Lipinski definition) is 1. The van der Waals surface area contributed by atoms with Gasteiger partial charge in [-0.05, 0) is 17.7 Å². The fourth-order valence-electron chi connectivity index (χ4n) is 1.40. The lowest BCUT2D eigenvalue weighted by molar-refractivity contribution is -0.149. The average Bonchev–Trinajstić information content (AvgIpc) is 2.27. The number of rotatable bonds is 3. The van der Waals surface area contributed by atoms with E-state index >= 15 is 0 Å². The molecule has 0 amide bonds. The molecule has 0 aliphatic carbocycles. The van der Waals surface area contributed by atoms with Crippen LogP contribution in [0.3, 0.4) is 0 Å². The summed E-state index contributed by atoms with van der Waals surface area (Å²) >= 11 is 0. The molecule has 0 radical (unpaired) electrons.